The highest BCUT2D eigenvalue weighted by molar-refractivity contribution is 5.83. The van der Waals surface area contributed by atoms with Gasteiger partial charge in [-0.15, -0.1) is 0 Å². The molecule has 0 heterocycles. The summed E-state index contributed by atoms with van der Waals surface area (Å²) in [6, 6.07) is 5.32. The van der Waals surface area contributed by atoms with Crippen LogP contribution >= 0.6 is 0 Å². The van der Waals surface area contributed by atoms with Crippen molar-refractivity contribution in [3.8, 4) is 11.5 Å². The molecule has 1 amide bonds. The van der Waals surface area contributed by atoms with Gasteiger partial charge in [-0.25, -0.2) is 0 Å². The number of methoxy groups -OCH3 is 2. The van der Waals surface area contributed by atoms with Crippen LogP contribution in [0.2, 0.25) is 0 Å². The second-order valence-electron chi connectivity index (χ2n) is 5.83. The van der Waals surface area contributed by atoms with Crippen molar-refractivity contribution in [2.45, 2.75) is 51.2 Å². The number of benzene rings is 1. The fourth-order valence-electron chi connectivity index (χ4n) is 2.32. The topological polar surface area (TPSA) is 64.6 Å². The Bertz CT molecular complexity index is 580. The van der Waals surface area contributed by atoms with Gasteiger partial charge in [-0.2, -0.15) is 13.2 Å². The number of halogens is 3. The Balaban J connectivity index is 2.22. The van der Waals surface area contributed by atoms with E-state index in [2.05, 4.69) is 5.32 Å². The van der Waals surface area contributed by atoms with Crippen LogP contribution in [0.25, 0.3) is 0 Å². The molecule has 0 aromatic heterocycles. The van der Waals surface area contributed by atoms with E-state index >= 15 is 0 Å². The first-order chi connectivity index (χ1) is 12.3. The standard InChI is InChI=1S/C18H24F3NO4/c1-25-14-9-13(10-15(11-14)26-2)12-22-17(24)8-6-4-3-5-7-16(23)18(19,20)21/h9-11H,3-8,12H2,1-2H3,(H,22,24). The molecule has 1 rings (SSSR count). The molecule has 8 heteroatoms. The molecule has 0 bridgehead atoms. The quantitative estimate of drug-likeness (QED) is 0.598. The first kappa shape index (κ1) is 21.8. The predicted octanol–water partition coefficient (Wildman–Crippen LogP) is 3.79. The number of Topliss-reactive ketones (excluding diaryl/α,β-unsaturated/α-hetero) is 1. The second kappa shape index (κ2) is 10.7. The Morgan fingerprint density at radius 1 is 0.923 bits per heavy atom. The van der Waals surface area contributed by atoms with E-state index in [-0.39, 0.29) is 18.7 Å². The summed E-state index contributed by atoms with van der Waals surface area (Å²) in [5.41, 5.74) is 0.834. The fourth-order valence-corrected chi connectivity index (χ4v) is 2.32. The van der Waals surface area contributed by atoms with Crippen molar-refractivity contribution in [1.29, 1.82) is 0 Å². The molecule has 0 fully saturated rings. The minimum Gasteiger partial charge on any atom is -0.497 e. The zero-order valence-corrected chi connectivity index (χ0v) is 14.9. The van der Waals surface area contributed by atoms with Gasteiger partial charge in [-0.1, -0.05) is 12.8 Å². The van der Waals surface area contributed by atoms with E-state index in [1.54, 1.807) is 32.4 Å². The van der Waals surface area contributed by atoms with Crippen molar-refractivity contribution in [2.75, 3.05) is 14.2 Å². The smallest absolute Gasteiger partial charge is 0.449 e. The zero-order chi connectivity index (χ0) is 19.6. The molecule has 0 aliphatic carbocycles. The molecule has 5 nitrogen and oxygen atoms in total. The van der Waals surface area contributed by atoms with Crippen LogP contribution in [0.3, 0.4) is 0 Å². The van der Waals surface area contributed by atoms with E-state index in [0.717, 1.165) is 5.56 Å². The minimum absolute atomic E-state index is 0.141. The van der Waals surface area contributed by atoms with Crippen LogP contribution in [0.1, 0.15) is 44.1 Å². The Labute approximate surface area is 150 Å². The number of hydrogen-bond acceptors (Lipinski definition) is 4. The lowest BCUT2D eigenvalue weighted by Gasteiger charge is -2.10. The van der Waals surface area contributed by atoms with Crippen molar-refractivity contribution in [1.82, 2.24) is 5.32 Å². The number of ketones is 1. The summed E-state index contributed by atoms with van der Waals surface area (Å²) in [6.45, 7) is 0.326. The number of nitrogens with one attached hydrogen (secondary N) is 1. The fraction of sp³-hybridized carbons (Fsp3) is 0.556. The van der Waals surface area contributed by atoms with Gasteiger partial charge in [0.15, 0.2) is 0 Å². The van der Waals surface area contributed by atoms with Crippen LogP contribution in [0.4, 0.5) is 13.2 Å². The number of amides is 1. The molecule has 0 atom stereocenters. The summed E-state index contributed by atoms with van der Waals surface area (Å²) in [4.78, 5) is 22.5. The number of carbonyl (C=O) groups excluding carboxylic acids is 2. The van der Waals surface area contributed by atoms with Crippen LogP contribution in [0.5, 0.6) is 11.5 Å². The average Bonchev–Trinajstić information content (AvgIpc) is 2.61. The summed E-state index contributed by atoms with van der Waals surface area (Å²) in [7, 11) is 3.08. The first-order valence-corrected chi connectivity index (χ1v) is 8.35. The molecule has 0 saturated heterocycles. The molecular formula is C18H24F3NO4. The van der Waals surface area contributed by atoms with Gasteiger partial charge in [0.05, 0.1) is 14.2 Å². The van der Waals surface area contributed by atoms with Gasteiger partial charge in [-0.05, 0) is 30.5 Å². The van der Waals surface area contributed by atoms with Crippen molar-refractivity contribution < 1.29 is 32.2 Å². The van der Waals surface area contributed by atoms with E-state index in [1.807, 2.05) is 0 Å². The van der Waals surface area contributed by atoms with Gasteiger partial charge in [0.1, 0.15) is 11.5 Å². The lowest BCUT2D eigenvalue weighted by atomic mass is 10.1. The highest BCUT2D eigenvalue weighted by Gasteiger charge is 2.36. The molecule has 0 unspecified atom stereocenters. The molecule has 0 radical (unpaired) electrons. The van der Waals surface area contributed by atoms with Crippen molar-refractivity contribution >= 4 is 11.7 Å². The number of carbonyl (C=O) groups is 2. The summed E-state index contributed by atoms with van der Waals surface area (Å²) in [5.74, 6) is -0.578. The summed E-state index contributed by atoms with van der Waals surface area (Å²) >= 11 is 0. The van der Waals surface area contributed by atoms with Crippen LogP contribution < -0.4 is 14.8 Å². The van der Waals surface area contributed by atoms with Gasteiger partial charge in [-0.3, -0.25) is 9.59 Å². The van der Waals surface area contributed by atoms with Crippen molar-refractivity contribution in [3.63, 3.8) is 0 Å². The maximum atomic E-state index is 12.0. The Morgan fingerprint density at radius 3 is 1.96 bits per heavy atom. The monoisotopic (exact) mass is 375 g/mol. The third kappa shape index (κ3) is 8.22. The molecule has 0 spiro atoms. The highest BCUT2D eigenvalue weighted by atomic mass is 19.4. The second-order valence-corrected chi connectivity index (χ2v) is 5.83. The summed E-state index contributed by atoms with van der Waals surface area (Å²) < 4.78 is 46.4. The SMILES string of the molecule is COc1cc(CNC(=O)CCCCCCC(=O)C(F)(F)F)cc(OC)c1. The minimum atomic E-state index is -4.75. The van der Waals surface area contributed by atoms with Crippen LogP contribution in [-0.2, 0) is 16.1 Å². The van der Waals surface area contributed by atoms with Gasteiger partial charge in [0, 0.05) is 25.5 Å². The van der Waals surface area contributed by atoms with E-state index in [9.17, 15) is 22.8 Å². The van der Waals surface area contributed by atoms with E-state index in [4.69, 9.17) is 9.47 Å². The molecule has 146 valence electrons. The Kier molecular flexibility index (Phi) is 8.95. The maximum Gasteiger partial charge on any atom is 0.449 e. The molecule has 0 saturated carbocycles. The third-order valence-electron chi connectivity index (χ3n) is 3.77. The highest BCUT2D eigenvalue weighted by Crippen LogP contribution is 2.22. The van der Waals surface area contributed by atoms with Gasteiger partial charge in [0.2, 0.25) is 11.7 Å². The third-order valence-corrected chi connectivity index (χ3v) is 3.77. The lowest BCUT2D eigenvalue weighted by molar-refractivity contribution is -0.171. The lowest BCUT2D eigenvalue weighted by Crippen LogP contribution is -2.22. The van der Waals surface area contributed by atoms with Crippen molar-refractivity contribution in [3.05, 3.63) is 23.8 Å². The number of rotatable bonds is 11. The van der Waals surface area contributed by atoms with Crippen LogP contribution in [-0.4, -0.2) is 32.1 Å². The van der Waals surface area contributed by atoms with Gasteiger partial charge < -0.3 is 14.8 Å². The van der Waals surface area contributed by atoms with E-state index in [1.165, 1.54) is 0 Å². The molecule has 26 heavy (non-hydrogen) atoms. The summed E-state index contributed by atoms with van der Waals surface area (Å²) in [6.07, 6.45) is -3.12. The van der Waals surface area contributed by atoms with Crippen LogP contribution in [0, 0.1) is 0 Å². The molecule has 0 aliphatic heterocycles. The molecule has 1 N–H and O–H groups in total. The number of ether oxygens (including phenoxy) is 2. The zero-order valence-electron chi connectivity index (χ0n) is 14.9. The largest absolute Gasteiger partial charge is 0.497 e. The molecule has 0 aliphatic rings. The van der Waals surface area contributed by atoms with Gasteiger partial charge >= 0.3 is 6.18 Å². The first-order valence-electron chi connectivity index (χ1n) is 8.35. The molecular weight excluding hydrogens is 351 g/mol. The number of hydrogen-bond donors (Lipinski definition) is 1. The average molecular weight is 375 g/mol. The Morgan fingerprint density at radius 2 is 1.46 bits per heavy atom. The normalized spacial score (nSPS) is 11.1. The van der Waals surface area contributed by atoms with Crippen LogP contribution in [0.15, 0.2) is 18.2 Å². The van der Waals surface area contributed by atoms with Crippen molar-refractivity contribution in [2.24, 2.45) is 0 Å². The van der Waals surface area contributed by atoms with E-state index in [0.29, 0.717) is 37.3 Å². The summed E-state index contributed by atoms with van der Waals surface area (Å²) in [5, 5.41) is 2.78. The Hall–Kier alpha value is -2.25. The predicted molar refractivity (Wildman–Crippen MR) is 90.2 cm³/mol. The maximum absolute atomic E-state index is 12.0. The van der Waals surface area contributed by atoms with E-state index < -0.39 is 18.4 Å². The molecule has 1 aromatic carbocycles. The molecule has 1 aromatic rings. The number of alkyl halides is 3. The number of unbranched alkanes of at least 4 members (excludes halogenated alkanes) is 3. The van der Waals surface area contributed by atoms with Gasteiger partial charge in [0.25, 0.3) is 0 Å².